The van der Waals surface area contributed by atoms with Gasteiger partial charge in [0.1, 0.15) is 17.4 Å². The molecule has 2 aliphatic carbocycles. The summed E-state index contributed by atoms with van der Waals surface area (Å²) in [6, 6.07) is 18.8. The first-order chi connectivity index (χ1) is 24.4. The number of hydrogen-bond acceptors (Lipinski definition) is 6. The lowest BCUT2D eigenvalue weighted by molar-refractivity contribution is 0.482. The molecule has 0 N–H and O–H groups in total. The normalized spacial score (nSPS) is 16.2. The summed E-state index contributed by atoms with van der Waals surface area (Å²) < 4.78 is 10.1. The van der Waals surface area contributed by atoms with Crippen molar-refractivity contribution in [1.82, 2.24) is 29.2 Å². The quantitative estimate of drug-likeness (QED) is 0.157. The van der Waals surface area contributed by atoms with Crippen LogP contribution in [0.2, 0.25) is 20.1 Å². The molecule has 50 heavy (non-hydrogen) atoms. The molecule has 0 spiro atoms. The van der Waals surface area contributed by atoms with Gasteiger partial charge in [-0.15, -0.1) is 20.4 Å². The number of fused-ring (bicyclic) bond motifs is 2. The Morgan fingerprint density at radius 3 is 1.58 bits per heavy atom. The minimum absolute atomic E-state index is 0.457. The van der Waals surface area contributed by atoms with Gasteiger partial charge in [0.2, 0.25) is 0 Å². The van der Waals surface area contributed by atoms with Gasteiger partial charge in [-0.25, -0.2) is 0 Å². The number of pyridine rings is 2. The van der Waals surface area contributed by atoms with E-state index in [2.05, 4.69) is 47.5 Å². The number of hydrogen-bond donors (Lipinski definition) is 0. The first-order valence-electron chi connectivity index (χ1n) is 17.4. The van der Waals surface area contributed by atoms with Gasteiger partial charge in [0.05, 0.1) is 20.1 Å². The summed E-state index contributed by atoms with van der Waals surface area (Å²) in [5, 5.41) is 20.0. The summed E-state index contributed by atoms with van der Waals surface area (Å²) in [4.78, 5) is 1.93. The van der Waals surface area contributed by atoms with E-state index in [0.29, 0.717) is 43.4 Å². The molecule has 2 fully saturated rings. The van der Waals surface area contributed by atoms with Gasteiger partial charge in [0.25, 0.3) is 0 Å². The molecule has 2 saturated carbocycles. The third-order valence-electron chi connectivity index (χ3n) is 9.53. The molecule has 0 radical (unpaired) electrons. The van der Waals surface area contributed by atoms with Crippen molar-refractivity contribution in [1.29, 1.82) is 0 Å². The van der Waals surface area contributed by atoms with Gasteiger partial charge in [-0.3, -0.25) is 8.80 Å². The zero-order valence-electron chi connectivity index (χ0n) is 27.6. The number of aromatic nitrogens is 6. The Balaban J connectivity index is 0.000000157. The minimum Gasteiger partial charge on any atom is -0.454 e. The van der Waals surface area contributed by atoms with Crippen LogP contribution in [0.4, 0.5) is 0 Å². The van der Waals surface area contributed by atoms with Gasteiger partial charge >= 0.3 is 0 Å². The average Bonchev–Trinajstić information content (AvgIpc) is 3.48. The Morgan fingerprint density at radius 1 is 0.560 bits per heavy atom. The number of nitrogens with zero attached hydrogens (tertiary/aromatic N) is 6. The average molecular weight is 769 g/mol. The van der Waals surface area contributed by atoms with E-state index < -0.39 is 0 Å². The van der Waals surface area contributed by atoms with Gasteiger partial charge in [0.15, 0.2) is 17.0 Å². The van der Waals surface area contributed by atoms with Gasteiger partial charge in [-0.1, -0.05) is 122 Å². The molecule has 0 amide bonds. The summed E-state index contributed by atoms with van der Waals surface area (Å²) >= 11 is 26.5. The molecule has 2 aromatic carbocycles. The standard InChI is InChI=1S/C19H19Cl2N3O.C19H19Cl2N3S/c2*20-15-8-5-9-16(21)18(15)25-14-10-11-24-17(12-14)22-23-19(24)13-6-3-1-2-4-7-13/h2*5,8-13H,1-4,6-7H2. The Hall–Kier alpha value is -3.01. The van der Waals surface area contributed by atoms with E-state index in [-0.39, 0.29) is 0 Å². The van der Waals surface area contributed by atoms with Crippen LogP contribution in [0.15, 0.2) is 82.8 Å². The lowest BCUT2D eigenvalue weighted by Crippen LogP contribution is -2.03. The number of benzene rings is 2. The van der Waals surface area contributed by atoms with E-state index in [4.69, 9.17) is 51.1 Å². The second kappa shape index (κ2) is 16.6. The third-order valence-corrected chi connectivity index (χ3v) is 12.1. The topological polar surface area (TPSA) is 69.6 Å². The lowest BCUT2D eigenvalue weighted by Gasteiger charge is -2.12. The van der Waals surface area contributed by atoms with E-state index in [0.717, 1.165) is 32.7 Å². The predicted octanol–water partition coefficient (Wildman–Crippen LogP) is 12.9. The Bertz CT molecular complexity index is 1880. The smallest absolute Gasteiger partial charge is 0.164 e. The van der Waals surface area contributed by atoms with Crippen molar-refractivity contribution in [3.8, 4) is 11.5 Å². The third kappa shape index (κ3) is 8.21. The van der Waals surface area contributed by atoms with Crippen LogP contribution in [-0.4, -0.2) is 29.2 Å². The molecule has 0 saturated heterocycles. The van der Waals surface area contributed by atoms with Crippen LogP contribution in [0, 0.1) is 0 Å². The van der Waals surface area contributed by atoms with E-state index in [1.54, 1.807) is 30.0 Å². The highest BCUT2D eigenvalue weighted by Gasteiger charge is 2.22. The van der Waals surface area contributed by atoms with Crippen LogP contribution in [0.25, 0.3) is 11.3 Å². The van der Waals surface area contributed by atoms with Gasteiger partial charge in [0, 0.05) is 40.1 Å². The Kier molecular flexibility index (Phi) is 11.7. The fourth-order valence-electron chi connectivity index (χ4n) is 6.94. The van der Waals surface area contributed by atoms with Gasteiger partial charge in [-0.2, -0.15) is 0 Å². The van der Waals surface area contributed by atoms with Crippen molar-refractivity contribution in [3.05, 3.63) is 105 Å². The van der Waals surface area contributed by atoms with Crippen molar-refractivity contribution in [2.45, 2.75) is 98.7 Å². The molecule has 0 bridgehead atoms. The first kappa shape index (κ1) is 35.4. The van der Waals surface area contributed by atoms with Crippen LogP contribution in [0.5, 0.6) is 11.5 Å². The van der Waals surface area contributed by atoms with Crippen molar-refractivity contribution in [2.75, 3.05) is 0 Å². The van der Waals surface area contributed by atoms with Crippen molar-refractivity contribution in [3.63, 3.8) is 0 Å². The second-order valence-corrected chi connectivity index (χ2v) is 15.7. The zero-order chi connectivity index (χ0) is 34.5. The van der Waals surface area contributed by atoms with Crippen LogP contribution in [0.1, 0.15) is 101 Å². The van der Waals surface area contributed by atoms with E-state index in [9.17, 15) is 0 Å². The maximum Gasteiger partial charge on any atom is 0.164 e. The van der Waals surface area contributed by atoms with Crippen molar-refractivity contribution < 1.29 is 4.74 Å². The summed E-state index contributed by atoms with van der Waals surface area (Å²) in [5.41, 5.74) is 1.66. The minimum atomic E-state index is 0.457. The number of para-hydroxylation sites is 1. The monoisotopic (exact) mass is 766 g/mol. The van der Waals surface area contributed by atoms with Gasteiger partial charge in [-0.05, 0) is 68.1 Å². The molecule has 4 heterocycles. The fourth-order valence-corrected chi connectivity index (χ4v) is 8.90. The highest BCUT2D eigenvalue weighted by atomic mass is 35.5. The highest BCUT2D eigenvalue weighted by molar-refractivity contribution is 7.99. The van der Waals surface area contributed by atoms with Crippen LogP contribution >= 0.6 is 58.2 Å². The molecular formula is C38H38Cl4N6OS. The van der Waals surface area contributed by atoms with Crippen LogP contribution in [0.3, 0.4) is 0 Å². The zero-order valence-corrected chi connectivity index (χ0v) is 31.4. The van der Waals surface area contributed by atoms with E-state index >= 15 is 0 Å². The summed E-state index contributed by atoms with van der Waals surface area (Å²) in [5.74, 6) is 4.26. The van der Waals surface area contributed by atoms with Crippen LogP contribution in [-0.2, 0) is 0 Å². The molecule has 2 aliphatic rings. The van der Waals surface area contributed by atoms with Crippen LogP contribution < -0.4 is 4.74 Å². The first-order valence-corrected chi connectivity index (χ1v) is 19.7. The highest BCUT2D eigenvalue weighted by Crippen LogP contribution is 2.40. The predicted molar refractivity (Wildman–Crippen MR) is 204 cm³/mol. The maximum absolute atomic E-state index is 6.28. The molecule has 0 unspecified atom stereocenters. The lowest BCUT2D eigenvalue weighted by atomic mass is 10.00. The molecular weight excluding hydrogens is 730 g/mol. The van der Waals surface area contributed by atoms with E-state index in [1.807, 2.05) is 36.5 Å². The van der Waals surface area contributed by atoms with Gasteiger partial charge < -0.3 is 4.74 Å². The van der Waals surface area contributed by atoms with E-state index in [1.165, 1.54) is 77.0 Å². The number of halogens is 4. The fraction of sp³-hybridized carbons (Fsp3) is 0.368. The molecule has 0 atom stereocenters. The number of rotatable bonds is 6. The molecule has 260 valence electrons. The number of ether oxygens (including phenoxy) is 1. The van der Waals surface area contributed by atoms with Crippen molar-refractivity contribution in [2.24, 2.45) is 0 Å². The Morgan fingerprint density at radius 2 is 1.04 bits per heavy atom. The SMILES string of the molecule is Clc1cccc(Cl)c1Oc1ccn2c(C3CCCCCC3)nnc2c1.Clc1cccc(Cl)c1Sc1ccn2c(C3CCCCCC3)nnc2c1. The molecule has 0 aliphatic heterocycles. The second-order valence-electron chi connectivity index (χ2n) is 13.0. The Labute approximate surface area is 316 Å². The molecule has 8 rings (SSSR count). The molecule has 7 nitrogen and oxygen atoms in total. The summed E-state index contributed by atoms with van der Waals surface area (Å²) in [6.45, 7) is 0. The van der Waals surface area contributed by atoms with Crippen molar-refractivity contribution >= 4 is 69.5 Å². The molecule has 12 heteroatoms. The summed E-state index contributed by atoms with van der Waals surface area (Å²) in [7, 11) is 0. The summed E-state index contributed by atoms with van der Waals surface area (Å²) in [6.07, 6.45) is 19.3. The molecule has 6 aromatic rings. The molecule has 4 aromatic heterocycles. The largest absolute Gasteiger partial charge is 0.454 e. The maximum atomic E-state index is 6.28.